The Bertz CT molecular complexity index is 670. The molecule has 0 aliphatic carbocycles. The van der Waals surface area contributed by atoms with Crippen LogP contribution in [0.1, 0.15) is 22.5 Å². The number of hydrogen-bond donors (Lipinski definition) is 1. The summed E-state index contributed by atoms with van der Waals surface area (Å²) >= 11 is 1.32. The molecule has 1 amide bonds. The molecular weight excluding hydrogens is 286 g/mol. The third kappa shape index (κ3) is 2.58. The number of anilines is 1. The molecule has 1 saturated heterocycles. The molecule has 21 heavy (non-hydrogen) atoms. The highest BCUT2D eigenvalue weighted by atomic mass is 32.1. The largest absolute Gasteiger partial charge is 0.397 e. The molecule has 0 saturated carbocycles. The average Bonchev–Trinajstić information content (AvgIpc) is 2.83. The summed E-state index contributed by atoms with van der Waals surface area (Å²) in [6, 6.07) is 2.05. The van der Waals surface area contributed by atoms with Gasteiger partial charge in [-0.1, -0.05) is 0 Å². The van der Waals surface area contributed by atoms with Crippen molar-refractivity contribution < 1.29 is 4.79 Å². The van der Waals surface area contributed by atoms with Crippen molar-refractivity contribution in [3.63, 3.8) is 0 Å². The van der Waals surface area contributed by atoms with Gasteiger partial charge in [0.25, 0.3) is 5.91 Å². The van der Waals surface area contributed by atoms with Gasteiger partial charge in [0.15, 0.2) is 0 Å². The number of nitrogens with zero attached hydrogens (tertiary/aromatic N) is 4. The van der Waals surface area contributed by atoms with Gasteiger partial charge in [0.05, 0.1) is 11.9 Å². The Balaban J connectivity index is 1.87. The highest BCUT2D eigenvalue weighted by Gasteiger charge is 2.28. The molecule has 6 nitrogen and oxygen atoms in total. The van der Waals surface area contributed by atoms with Gasteiger partial charge in [0.2, 0.25) is 0 Å². The number of likely N-dealkylation sites (tertiary alicyclic amines) is 1. The van der Waals surface area contributed by atoms with Crippen LogP contribution >= 0.6 is 11.3 Å². The number of carbonyl (C=O) groups is 1. The van der Waals surface area contributed by atoms with Crippen LogP contribution < -0.4 is 5.73 Å². The molecule has 0 bridgehead atoms. The number of thiophene rings is 1. The third-order valence-electron chi connectivity index (χ3n) is 4.08. The number of aromatic nitrogens is 2. The maximum Gasteiger partial charge on any atom is 0.266 e. The van der Waals surface area contributed by atoms with Gasteiger partial charge in [-0.25, -0.2) is 0 Å². The molecular formula is C14H19N5OS. The van der Waals surface area contributed by atoms with Crippen LogP contribution in [-0.4, -0.2) is 59.1 Å². The minimum atomic E-state index is -0.0178. The number of rotatable bonds is 2. The first kappa shape index (κ1) is 14.2. The molecule has 3 rings (SSSR count). The first-order valence-electron chi connectivity index (χ1n) is 7.03. The Hall–Kier alpha value is -1.73. The van der Waals surface area contributed by atoms with Crippen LogP contribution in [0.5, 0.6) is 0 Å². The highest BCUT2D eigenvalue weighted by molar-refractivity contribution is 7.21. The topological polar surface area (TPSA) is 75.3 Å². The van der Waals surface area contributed by atoms with Crippen LogP contribution in [0, 0.1) is 0 Å². The Morgan fingerprint density at radius 2 is 2.38 bits per heavy atom. The van der Waals surface area contributed by atoms with E-state index in [1.54, 1.807) is 12.3 Å². The molecule has 2 aromatic rings. The number of piperidine rings is 1. The van der Waals surface area contributed by atoms with E-state index in [9.17, 15) is 4.79 Å². The zero-order valence-electron chi connectivity index (χ0n) is 12.2. The first-order valence-corrected chi connectivity index (χ1v) is 7.85. The van der Waals surface area contributed by atoms with Crippen LogP contribution in [0.25, 0.3) is 10.2 Å². The normalized spacial score (nSPS) is 19.8. The van der Waals surface area contributed by atoms with E-state index < -0.39 is 0 Å². The average molecular weight is 305 g/mol. The zero-order chi connectivity index (χ0) is 15.0. The number of nitrogen functional groups attached to an aromatic ring is 1. The fourth-order valence-corrected chi connectivity index (χ4v) is 3.83. The second-order valence-corrected chi connectivity index (χ2v) is 6.57. The Labute approximate surface area is 127 Å². The number of nitrogens with two attached hydrogens (primary N) is 1. The van der Waals surface area contributed by atoms with E-state index >= 15 is 0 Å². The summed E-state index contributed by atoms with van der Waals surface area (Å²) in [7, 11) is 3.95. The van der Waals surface area contributed by atoms with Crippen molar-refractivity contribution in [2.75, 3.05) is 32.9 Å². The molecule has 2 aromatic heterocycles. The first-order chi connectivity index (χ1) is 10.1. The molecule has 1 aliphatic rings. The van der Waals surface area contributed by atoms with Gasteiger partial charge >= 0.3 is 0 Å². The van der Waals surface area contributed by atoms with Gasteiger partial charge in [-0.2, -0.15) is 5.10 Å². The zero-order valence-corrected chi connectivity index (χ0v) is 13.1. The maximum atomic E-state index is 12.7. The van der Waals surface area contributed by atoms with Crippen molar-refractivity contribution in [1.82, 2.24) is 20.0 Å². The van der Waals surface area contributed by atoms with E-state index in [-0.39, 0.29) is 11.9 Å². The van der Waals surface area contributed by atoms with Gasteiger partial charge < -0.3 is 15.5 Å². The lowest BCUT2D eigenvalue weighted by molar-refractivity contribution is 0.0650. The van der Waals surface area contributed by atoms with Crippen molar-refractivity contribution in [2.45, 2.75) is 18.9 Å². The lowest BCUT2D eigenvalue weighted by Gasteiger charge is -2.35. The molecule has 2 N–H and O–H groups in total. The standard InChI is InChI=1S/C14H19N5OS/c1-18-7-3-4-9(8-18)19(2)14(20)12-11(15)10-5-6-16-17-13(10)21-12/h5-6,9H,3-4,7-8,15H2,1-2H3. The van der Waals surface area contributed by atoms with Crippen molar-refractivity contribution in [1.29, 1.82) is 0 Å². The van der Waals surface area contributed by atoms with Gasteiger partial charge in [-0.15, -0.1) is 16.4 Å². The Morgan fingerprint density at radius 3 is 3.10 bits per heavy atom. The predicted octanol–water partition coefficient (Wildman–Crippen LogP) is 1.44. The monoisotopic (exact) mass is 305 g/mol. The molecule has 112 valence electrons. The van der Waals surface area contributed by atoms with Gasteiger partial charge in [-0.05, 0) is 32.5 Å². The van der Waals surface area contributed by atoms with Crippen molar-refractivity contribution in [3.05, 3.63) is 17.1 Å². The van der Waals surface area contributed by atoms with Crippen molar-refractivity contribution in [2.24, 2.45) is 0 Å². The van der Waals surface area contributed by atoms with Crippen LogP contribution in [0.4, 0.5) is 5.69 Å². The summed E-state index contributed by atoms with van der Waals surface area (Å²) in [6.45, 7) is 2.01. The molecule has 1 unspecified atom stereocenters. The lowest BCUT2D eigenvalue weighted by atomic mass is 10.0. The molecule has 1 fully saturated rings. The second-order valence-electron chi connectivity index (χ2n) is 5.57. The van der Waals surface area contributed by atoms with E-state index in [0.717, 1.165) is 31.3 Å². The predicted molar refractivity (Wildman–Crippen MR) is 84.4 cm³/mol. The summed E-state index contributed by atoms with van der Waals surface area (Å²) in [5, 5.41) is 8.70. The van der Waals surface area contributed by atoms with Gasteiger partial charge in [0, 0.05) is 25.0 Å². The van der Waals surface area contributed by atoms with E-state index in [0.29, 0.717) is 15.4 Å². The van der Waals surface area contributed by atoms with E-state index in [1.165, 1.54) is 11.3 Å². The number of fused-ring (bicyclic) bond motifs is 1. The summed E-state index contributed by atoms with van der Waals surface area (Å²) in [5.41, 5.74) is 6.64. The Morgan fingerprint density at radius 1 is 1.57 bits per heavy atom. The number of likely N-dealkylation sites (N-methyl/N-ethyl adjacent to an activating group) is 2. The summed E-state index contributed by atoms with van der Waals surface area (Å²) in [5.74, 6) is -0.0178. The molecule has 0 spiro atoms. The lowest BCUT2D eigenvalue weighted by Crippen LogP contribution is -2.47. The fraction of sp³-hybridized carbons (Fsp3) is 0.500. The highest BCUT2D eigenvalue weighted by Crippen LogP contribution is 2.33. The molecule has 0 aromatic carbocycles. The van der Waals surface area contributed by atoms with Gasteiger partial charge in [0.1, 0.15) is 9.71 Å². The third-order valence-corrected chi connectivity index (χ3v) is 5.18. The number of hydrogen-bond acceptors (Lipinski definition) is 6. The van der Waals surface area contributed by atoms with Crippen LogP contribution in [0.15, 0.2) is 12.3 Å². The minimum Gasteiger partial charge on any atom is -0.397 e. The van der Waals surface area contributed by atoms with Crippen molar-refractivity contribution in [3.8, 4) is 0 Å². The Kier molecular flexibility index (Phi) is 3.77. The molecule has 3 heterocycles. The SMILES string of the molecule is CN1CCCC(N(C)C(=O)c2sc3nnccc3c2N)C1. The molecule has 0 radical (unpaired) electrons. The van der Waals surface area contributed by atoms with Crippen LogP contribution in [0.2, 0.25) is 0 Å². The quantitative estimate of drug-likeness (QED) is 0.908. The van der Waals surface area contributed by atoms with Crippen LogP contribution in [0.3, 0.4) is 0 Å². The van der Waals surface area contributed by atoms with E-state index in [4.69, 9.17) is 5.73 Å². The fourth-order valence-electron chi connectivity index (χ4n) is 2.81. The van der Waals surface area contributed by atoms with Crippen LogP contribution in [-0.2, 0) is 0 Å². The summed E-state index contributed by atoms with van der Waals surface area (Å²) < 4.78 is 0. The summed E-state index contributed by atoms with van der Waals surface area (Å²) in [6.07, 6.45) is 3.75. The minimum absolute atomic E-state index is 0.0178. The smallest absolute Gasteiger partial charge is 0.266 e. The van der Waals surface area contributed by atoms with Crippen molar-refractivity contribution >= 4 is 33.1 Å². The number of amides is 1. The van der Waals surface area contributed by atoms with E-state index in [2.05, 4.69) is 22.1 Å². The molecule has 1 atom stereocenters. The maximum absolute atomic E-state index is 12.7. The number of carbonyl (C=O) groups excluding carboxylic acids is 1. The van der Waals surface area contributed by atoms with Gasteiger partial charge in [-0.3, -0.25) is 4.79 Å². The van der Waals surface area contributed by atoms with E-state index in [1.807, 2.05) is 11.9 Å². The molecule has 7 heteroatoms. The summed E-state index contributed by atoms with van der Waals surface area (Å²) in [4.78, 5) is 18.1. The molecule has 1 aliphatic heterocycles. The second kappa shape index (κ2) is 5.57.